The Kier molecular flexibility index (Phi) is 4.74. The van der Waals surface area contributed by atoms with E-state index in [2.05, 4.69) is 15.8 Å². The van der Waals surface area contributed by atoms with E-state index in [0.717, 1.165) is 12.0 Å². The van der Waals surface area contributed by atoms with Crippen LogP contribution >= 0.6 is 11.6 Å². The minimum atomic E-state index is -0.648. The van der Waals surface area contributed by atoms with E-state index in [-0.39, 0.29) is 11.8 Å². The van der Waals surface area contributed by atoms with Crippen molar-refractivity contribution in [3.63, 3.8) is 0 Å². The van der Waals surface area contributed by atoms with Crippen LogP contribution in [-0.2, 0) is 9.59 Å². The summed E-state index contributed by atoms with van der Waals surface area (Å²) in [6.07, 6.45) is 1.37. The molecular weight excluding hydrogens is 278 g/mol. The Hall–Kier alpha value is -1.88. The third-order valence-corrected chi connectivity index (χ3v) is 3.45. The number of nitrogens with zero attached hydrogens (tertiary/aromatic N) is 1. The minimum Gasteiger partial charge on any atom is -0.355 e. The summed E-state index contributed by atoms with van der Waals surface area (Å²) in [5, 5.41) is 7.35. The Morgan fingerprint density at radius 3 is 2.75 bits per heavy atom. The minimum absolute atomic E-state index is 0.229. The van der Waals surface area contributed by atoms with Crippen molar-refractivity contribution in [1.82, 2.24) is 10.7 Å². The van der Waals surface area contributed by atoms with Crippen molar-refractivity contribution in [3.8, 4) is 0 Å². The molecule has 1 aromatic rings. The molecule has 20 heavy (non-hydrogen) atoms. The lowest BCUT2D eigenvalue weighted by molar-refractivity contribution is -0.136. The molecule has 1 aliphatic heterocycles. The van der Waals surface area contributed by atoms with Gasteiger partial charge in [0.15, 0.2) is 0 Å². The smallest absolute Gasteiger partial charge is 0.252 e. The van der Waals surface area contributed by atoms with Crippen molar-refractivity contribution in [1.29, 1.82) is 0 Å². The number of halogens is 1. The third kappa shape index (κ3) is 3.57. The van der Waals surface area contributed by atoms with Gasteiger partial charge >= 0.3 is 0 Å². The van der Waals surface area contributed by atoms with Crippen LogP contribution in [0.15, 0.2) is 29.4 Å². The van der Waals surface area contributed by atoms with Gasteiger partial charge in [0.05, 0.1) is 5.71 Å². The van der Waals surface area contributed by atoms with E-state index in [1.165, 1.54) is 0 Å². The molecule has 0 saturated carbocycles. The molecule has 1 aliphatic rings. The van der Waals surface area contributed by atoms with Gasteiger partial charge in [-0.1, -0.05) is 23.7 Å². The van der Waals surface area contributed by atoms with Crippen molar-refractivity contribution in [2.24, 2.45) is 11.0 Å². The van der Waals surface area contributed by atoms with Gasteiger partial charge in [0.1, 0.15) is 5.92 Å². The summed E-state index contributed by atoms with van der Waals surface area (Å²) in [6.45, 7) is 2.42. The van der Waals surface area contributed by atoms with Gasteiger partial charge in [-0.25, -0.2) is 5.43 Å². The number of piperidine rings is 1. The summed E-state index contributed by atoms with van der Waals surface area (Å²) in [5.41, 5.74) is 3.97. The fourth-order valence-corrected chi connectivity index (χ4v) is 2.12. The Labute approximate surface area is 122 Å². The molecule has 1 unspecified atom stereocenters. The van der Waals surface area contributed by atoms with Gasteiger partial charge < -0.3 is 5.32 Å². The molecule has 1 fully saturated rings. The van der Waals surface area contributed by atoms with Crippen LogP contribution in [-0.4, -0.2) is 24.1 Å². The first-order chi connectivity index (χ1) is 9.58. The lowest BCUT2D eigenvalue weighted by Gasteiger charge is -2.19. The van der Waals surface area contributed by atoms with Crippen LogP contribution in [0.25, 0.3) is 0 Å². The normalized spacial score (nSPS) is 19.4. The first-order valence-corrected chi connectivity index (χ1v) is 6.83. The molecule has 5 nitrogen and oxygen atoms in total. The fourth-order valence-electron chi connectivity index (χ4n) is 1.99. The van der Waals surface area contributed by atoms with E-state index in [9.17, 15) is 9.59 Å². The summed E-state index contributed by atoms with van der Waals surface area (Å²) in [4.78, 5) is 23.5. The third-order valence-electron chi connectivity index (χ3n) is 3.20. The van der Waals surface area contributed by atoms with Gasteiger partial charge in [-0.2, -0.15) is 5.10 Å². The largest absolute Gasteiger partial charge is 0.355 e. The fraction of sp³-hybridized carbons (Fsp3) is 0.357. The molecular formula is C14H16ClN3O2. The standard InChI is InChI=1S/C14H16ClN3O2/c1-9(10-4-6-11(15)7-5-10)17-18-14(20)12-3-2-8-16-13(12)19/h4-7,12H,2-3,8H2,1H3,(H,16,19)(H,18,20)/b17-9+. The molecule has 0 aromatic heterocycles. The number of rotatable bonds is 3. The highest BCUT2D eigenvalue weighted by atomic mass is 35.5. The van der Waals surface area contributed by atoms with E-state index >= 15 is 0 Å². The number of hydrazone groups is 1. The van der Waals surface area contributed by atoms with Crippen LogP contribution in [0, 0.1) is 5.92 Å². The highest BCUT2D eigenvalue weighted by Gasteiger charge is 2.28. The molecule has 6 heteroatoms. The molecule has 0 bridgehead atoms. The van der Waals surface area contributed by atoms with Gasteiger partial charge in [-0.15, -0.1) is 0 Å². The van der Waals surface area contributed by atoms with Gasteiger partial charge in [0.2, 0.25) is 5.91 Å². The van der Waals surface area contributed by atoms with Crippen molar-refractivity contribution in [3.05, 3.63) is 34.9 Å². The summed E-state index contributed by atoms with van der Waals surface area (Å²) < 4.78 is 0. The maximum atomic E-state index is 11.9. The molecule has 0 aliphatic carbocycles. The van der Waals surface area contributed by atoms with Crippen LogP contribution in [0.4, 0.5) is 0 Å². The quantitative estimate of drug-likeness (QED) is 0.506. The Morgan fingerprint density at radius 2 is 2.10 bits per heavy atom. The van der Waals surface area contributed by atoms with Crippen molar-refractivity contribution in [2.45, 2.75) is 19.8 Å². The second-order valence-corrected chi connectivity index (χ2v) is 5.10. The summed E-state index contributed by atoms with van der Waals surface area (Å²) in [6, 6.07) is 7.15. The zero-order valence-electron chi connectivity index (χ0n) is 11.1. The number of nitrogens with one attached hydrogen (secondary N) is 2. The van der Waals surface area contributed by atoms with Crippen LogP contribution in [0.2, 0.25) is 5.02 Å². The first-order valence-electron chi connectivity index (χ1n) is 6.45. The summed E-state index contributed by atoms with van der Waals surface area (Å²) in [5.74, 6) is -1.24. The average molecular weight is 294 g/mol. The molecule has 0 radical (unpaired) electrons. The van der Waals surface area contributed by atoms with E-state index in [1.807, 2.05) is 12.1 Å². The molecule has 2 rings (SSSR count). The van der Waals surface area contributed by atoms with Crippen LogP contribution in [0.5, 0.6) is 0 Å². The predicted molar refractivity (Wildman–Crippen MR) is 77.5 cm³/mol. The maximum Gasteiger partial charge on any atom is 0.252 e. The van der Waals surface area contributed by atoms with Crippen molar-refractivity contribution in [2.75, 3.05) is 6.54 Å². The van der Waals surface area contributed by atoms with Gasteiger partial charge in [-0.05, 0) is 37.5 Å². The van der Waals surface area contributed by atoms with Gasteiger partial charge in [0.25, 0.3) is 5.91 Å². The van der Waals surface area contributed by atoms with Crippen molar-refractivity contribution >= 4 is 29.1 Å². The van der Waals surface area contributed by atoms with Crippen LogP contribution in [0.3, 0.4) is 0 Å². The molecule has 2 amide bonds. The topological polar surface area (TPSA) is 70.6 Å². The average Bonchev–Trinajstić information content (AvgIpc) is 2.45. The maximum absolute atomic E-state index is 11.9. The van der Waals surface area contributed by atoms with Crippen LogP contribution < -0.4 is 10.7 Å². The number of carbonyl (C=O) groups is 2. The molecule has 1 saturated heterocycles. The predicted octanol–water partition coefficient (Wildman–Crippen LogP) is 1.71. The number of hydrogen-bond donors (Lipinski definition) is 2. The van der Waals surface area contributed by atoms with Crippen molar-refractivity contribution < 1.29 is 9.59 Å². The van der Waals surface area contributed by atoms with E-state index in [0.29, 0.717) is 23.7 Å². The summed E-state index contributed by atoms with van der Waals surface area (Å²) >= 11 is 5.81. The second-order valence-electron chi connectivity index (χ2n) is 4.67. The number of amides is 2. The van der Waals surface area contributed by atoms with Gasteiger partial charge in [-0.3, -0.25) is 9.59 Å². The Bertz CT molecular complexity index is 540. The second kappa shape index (κ2) is 6.52. The van der Waals surface area contributed by atoms with E-state index < -0.39 is 5.92 Å². The zero-order chi connectivity index (χ0) is 14.5. The molecule has 2 N–H and O–H groups in total. The Morgan fingerprint density at radius 1 is 1.40 bits per heavy atom. The summed E-state index contributed by atoms with van der Waals surface area (Å²) in [7, 11) is 0. The number of benzene rings is 1. The Balaban J connectivity index is 1.99. The van der Waals surface area contributed by atoms with E-state index in [4.69, 9.17) is 11.6 Å². The molecule has 0 spiro atoms. The SMILES string of the molecule is C/C(=N\NC(=O)C1CCCNC1=O)c1ccc(Cl)cc1. The van der Waals surface area contributed by atoms with E-state index in [1.54, 1.807) is 19.1 Å². The monoisotopic (exact) mass is 293 g/mol. The highest BCUT2D eigenvalue weighted by molar-refractivity contribution is 6.30. The number of carbonyl (C=O) groups excluding carboxylic acids is 2. The molecule has 106 valence electrons. The van der Waals surface area contributed by atoms with Crippen LogP contribution in [0.1, 0.15) is 25.3 Å². The first kappa shape index (κ1) is 14.5. The lowest BCUT2D eigenvalue weighted by atomic mass is 9.98. The molecule has 1 atom stereocenters. The zero-order valence-corrected chi connectivity index (χ0v) is 11.9. The lowest BCUT2D eigenvalue weighted by Crippen LogP contribution is -2.44. The highest BCUT2D eigenvalue weighted by Crippen LogP contribution is 2.12. The number of hydrogen-bond acceptors (Lipinski definition) is 3. The molecule has 1 heterocycles. The molecule has 1 aromatic carbocycles. The van der Waals surface area contributed by atoms with Gasteiger partial charge in [0, 0.05) is 11.6 Å².